The predicted molar refractivity (Wildman–Crippen MR) is 106 cm³/mol. The number of hydrogen-bond donors (Lipinski definition) is 1. The Kier molecular flexibility index (Phi) is 4.82. The van der Waals surface area contributed by atoms with Crippen LogP contribution in [0.1, 0.15) is 32.5 Å². The fourth-order valence-electron chi connectivity index (χ4n) is 3.87. The Morgan fingerprint density at radius 1 is 1.31 bits per heavy atom. The minimum Gasteiger partial charge on any atom is -0.333 e. The van der Waals surface area contributed by atoms with Gasteiger partial charge in [-0.25, -0.2) is 0 Å². The van der Waals surface area contributed by atoms with Crippen molar-refractivity contribution in [1.82, 2.24) is 15.1 Å². The van der Waals surface area contributed by atoms with Gasteiger partial charge in [-0.3, -0.25) is 9.89 Å². The molecule has 3 aromatic rings. The molecule has 4 rings (SSSR count). The summed E-state index contributed by atoms with van der Waals surface area (Å²) in [5.74, 6) is -0.428. The number of nitrogens with zero attached hydrogens (tertiary/aromatic N) is 2. The van der Waals surface area contributed by atoms with Crippen LogP contribution in [0, 0.1) is 6.92 Å². The highest BCUT2D eigenvalue weighted by Gasteiger charge is 2.37. The van der Waals surface area contributed by atoms with Gasteiger partial charge in [-0.05, 0) is 35.8 Å². The number of hydrogen-bond acceptors (Lipinski definition) is 3. The molecule has 0 fully saturated rings. The van der Waals surface area contributed by atoms with Crippen molar-refractivity contribution in [3.63, 3.8) is 0 Å². The zero-order chi connectivity index (χ0) is 20.8. The molecule has 150 valence electrons. The van der Waals surface area contributed by atoms with Crippen LogP contribution in [0.5, 0.6) is 0 Å². The molecule has 8 heteroatoms. The minimum atomic E-state index is -4.54. The second-order valence-corrected chi connectivity index (χ2v) is 8.30. The summed E-state index contributed by atoms with van der Waals surface area (Å²) in [5.41, 5.74) is 1.39. The standard InChI is InChI=1S/C21H18F3N3OS/c1-3-19(28)27-10-17(15-8-12(2)29-18(15)11-27)14-7-5-4-6-13(14)16-9-25-26-20(16)21(22,23)24/h3-9,17H,1,10-11H2,2H3,(H,25,26). The monoisotopic (exact) mass is 417 g/mol. The van der Waals surface area contributed by atoms with Crippen LogP contribution >= 0.6 is 11.3 Å². The van der Waals surface area contributed by atoms with Gasteiger partial charge in [0.15, 0.2) is 0 Å². The Morgan fingerprint density at radius 3 is 2.79 bits per heavy atom. The largest absolute Gasteiger partial charge is 0.433 e. The van der Waals surface area contributed by atoms with Crippen LogP contribution in [-0.2, 0) is 17.5 Å². The number of thiophene rings is 1. The lowest BCUT2D eigenvalue weighted by Crippen LogP contribution is -2.37. The fourth-order valence-corrected chi connectivity index (χ4v) is 4.99. The van der Waals surface area contributed by atoms with Crippen LogP contribution in [0.3, 0.4) is 0 Å². The molecule has 3 heterocycles. The van der Waals surface area contributed by atoms with Gasteiger partial charge in [-0.2, -0.15) is 18.3 Å². The molecule has 1 aliphatic heterocycles. The number of fused-ring (bicyclic) bond motifs is 1. The molecule has 0 bridgehead atoms. The summed E-state index contributed by atoms with van der Waals surface area (Å²) in [4.78, 5) is 16.1. The van der Waals surface area contributed by atoms with E-state index < -0.39 is 11.9 Å². The van der Waals surface area contributed by atoms with Crippen molar-refractivity contribution in [3.8, 4) is 11.1 Å². The lowest BCUT2D eigenvalue weighted by atomic mass is 9.83. The van der Waals surface area contributed by atoms with Gasteiger partial charge < -0.3 is 4.90 Å². The molecule has 1 amide bonds. The number of alkyl halides is 3. The van der Waals surface area contributed by atoms with Crippen LogP contribution < -0.4 is 0 Å². The van der Waals surface area contributed by atoms with Crippen LogP contribution in [0.15, 0.2) is 49.2 Å². The molecule has 4 nitrogen and oxygen atoms in total. The SMILES string of the molecule is C=CC(=O)N1Cc2sc(C)cc2C(c2ccccc2-c2cn[nH]c2C(F)(F)F)C1. The second-order valence-electron chi connectivity index (χ2n) is 6.95. The number of aromatic amines is 1. The zero-order valence-electron chi connectivity index (χ0n) is 15.6. The third-order valence-electron chi connectivity index (χ3n) is 5.11. The van der Waals surface area contributed by atoms with Gasteiger partial charge in [-0.1, -0.05) is 30.8 Å². The van der Waals surface area contributed by atoms with Crippen molar-refractivity contribution in [2.45, 2.75) is 25.6 Å². The molecule has 1 aliphatic rings. The maximum Gasteiger partial charge on any atom is 0.433 e. The summed E-state index contributed by atoms with van der Waals surface area (Å²) in [5, 5.41) is 5.72. The minimum absolute atomic E-state index is 0.00812. The molecule has 0 saturated carbocycles. The molecule has 1 unspecified atom stereocenters. The zero-order valence-corrected chi connectivity index (χ0v) is 16.4. The van der Waals surface area contributed by atoms with E-state index in [0.29, 0.717) is 18.7 Å². The molecule has 1 N–H and O–H groups in total. The van der Waals surface area contributed by atoms with E-state index in [4.69, 9.17) is 0 Å². The summed E-state index contributed by atoms with van der Waals surface area (Å²) in [6.07, 6.45) is -2.07. The summed E-state index contributed by atoms with van der Waals surface area (Å²) < 4.78 is 40.4. The number of benzene rings is 1. The third kappa shape index (κ3) is 3.48. The summed E-state index contributed by atoms with van der Waals surface area (Å²) in [6, 6.07) is 9.08. The molecule has 0 spiro atoms. The Bertz CT molecular complexity index is 1080. The molecule has 1 atom stereocenters. The van der Waals surface area contributed by atoms with E-state index in [0.717, 1.165) is 20.9 Å². The van der Waals surface area contributed by atoms with E-state index in [-0.39, 0.29) is 17.4 Å². The highest BCUT2D eigenvalue weighted by atomic mass is 32.1. The molecule has 0 aliphatic carbocycles. The highest BCUT2D eigenvalue weighted by molar-refractivity contribution is 7.12. The average molecular weight is 417 g/mol. The lowest BCUT2D eigenvalue weighted by Gasteiger charge is -2.33. The second kappa shape index (κ2) is 7.18. The van der Waals surface area contributed by atoms with Crippen LogP contribution in [0.2, 0.25) is 0 Å². The quantitative estimate of drug-likeness (QED) is 0.601. The Balaban J connectivity index is 1.87. The number of aromatic nitrogens is 2. The van der Waals surface area contributed by atoms with E-state index in [9.17, 15) is 18.0 Å². The topological polar surface area (TPSA) is 49.0 Å². The van der Waals surface area contributed by atoms with Gasteiger partial charge in [0.25, 0.3) is 0 Å². The molecule has 1 aromatic carbocycles. The third-order valence-corrected chi connectivity index (χ3v) is 6.16. The molecule has 29 heavy (non-hydrogen) atoms. The number of aryl methyl sites for hydroxylation is 1. The first-order valence-electron chi connectivity index (χ1n) is 9.00. The Hall–Kier alpha value is -2.87. The first kappa shape index (κ1) is 19.4. The maximum absolute atomic E-state index is 13.5. The first-order chi connectivity index (χ1) is 13.8. The number of amides is 1. The molecule has 2 aromatic heterocycles. The van der Waals surface area contributed by atoms with E-state index in [1.54, 1.807) is 34.4 Å². The average Bonchev–Trinajstić information content (AvgIpc) is 3.32. The lowest BCUT2D eigenvalue weighted by molar-refractivity contribution is -0.140. The number of H-pyrrole nitrogens is 1. The van der Waals surface area contributed by atoms with Crippen LogP contribution in [0.4, 0.5) is 13.2 Å². The van der Waals surface area contributed by atoms with Crippen molar-refractivity contribution >= 4 is 17.2 Å². The van der Waals surface area contributed by atoms with E-state index >= 15 is 0 Å². The number of carbonyl (C=O) groups excluding carboxylic acids is 1. The van der Waals surface area contributed by atoms with Crippen molar-refractivity contribution in [2.75, 3.05) is 6.54 Å². The van der Waals surface area contributed by atoms with Gasteiger partial charge in [0, 0.05) is 27.8 Å². The van der Waals surface area contributed by atoms with E-state index in [1.807, 2.05) is 13.0 Å². The van der Waals surface area contributed by atoms with Gasteiger partial charge in [0.05, 0.1) is 12.7 Å². The number of nitrogens with one attached hydrogen (secondary N) is 1. The number of halogens is 3. The molecular weight excluding hydrogens is 399 g/mol. The molecule has 0 radical (unpaired) electrons. The Labute approximate surface area is 169 Å². The van der Waals surface area contributed by atoms with Crippen molar-refractivity contribution in [3.05, 3.63) is 75.8 Å². The number of rotatable bonds is 3. The normalized spacial score (nSPS) is 16.6. The number of carbonyl (C=O) groups is 1. The summed E-state index contributed by atoms with van der Waals surface area (Å²) in [7, 11) is 0. The van der Waals surface area contributed by atoms with Crippen molar-refractivity contribution < 1.29 is 18.0 Å². The smallest absolute Gasteiger partial charge is 0.333 e. The fraction of sp³-hybridized carbons (Fsp3) is 0.238. The first-order valence-corrected chi connectivity index (χ1v) is 9.81. The maximum atomic E-state index is 13.5. The predicted octanol–water partition coefficient (Wildman–Crippen LogP) is 5.13. The highest BCUT2D eigenvalue weighted by Crippen LogP contribution is 2.43. The van der Waals surface area contributed by atoms with Gasteiger partial charge in [0.1, 0.15) is 5.69 Å². The van der Waals surface area contributed by atoms with Gasteiger partial charge in [0.2, 0.25) is 5.91 Å². The van der Waals surface area contributed by atoms with Crippen molar-refractivity contribution in [1.29, 1.82) is 0 Å². The van der Waals surface area contributed by atoms with Gasteiger partial charge in [-0.15, -0.1) is 11.3 Å². The Morgan fingerprint density at radius 2 is 2.07 bits per heavy atom. The summed E-state index contributed by atoms with van der Waals surface area (Å²) >= 11 is 1.60. The van der Waals surface area contributed by atoms with Crippen LogP contribution in [0.25, 0.3) is 11.1 Å². The summed E-state index contributed by atoms with van der Waals surface area (Å²) in [6.45, 7) is 6.42. The van der Waals surface area contributed by atoms with Crippen molar-refractivity contribution in [2.24, 2.45) is 0 Å². The van der Waals surface area contributed by atoms with E-state index in [1.165, 1.54) is 12.3 Å². The molecule has 0 saturated heterocycles. The van der Waals surface area contributed by atoms with Crippen LogP contribution in [-0.4, -0.2) is 27.5 Å². The molecular formula is C21H18F3N3OS. The van der Waals surface area contributed by atoms with E-state index in [2.05, 4.69) is 22.8 Å². The van der Waals surface area contributed by atoms with Gasteiger partial charge >= 0.3 is 6.18 Å².